The van der Waals surface area contributed by atoms with Crippen LogP contribution in [0.15, 0.2) is 11.4 Å². The van der Waals surface area contributed by atoms with Gasteiger partial charge in [0.2, 0.25) is 5.91 Å². The van der Waals surface area contributed by atoms with Crippen molar-refractivity contribution >= 4 is 17.2 Å². The number of thiophene rings is 1. The predicted octanol–water partition coefficient (Wildman–Crippen LogP) is 2.32. The minimum atomic E-state index is -0.343. The van der Waals surface area contributed by atoms with Gasteiger partial charge in [0.15, 0.2) is 0 Å². The van der Waals surface area contributed by atoms with Crippen LogP contribution in [0, 0.1) is 0 Å². The highest BCUT2D eigenvalue weighted by Gasteiger charge is 2.31. The van der Waals surface area contributed by atoms with Crippen LogP contribution < -0.4 is 5.73 Å². The molecule has 1 aromatic rings. The molecule has 1 amide bonds. The molecule has 0 radical (unpaired) electrons. The van der Waals surface area contributed by atoms with Crippen molar-refractivity contribution < 1.29 is 4.79 Å². The van der Waals surface area contributed by atoms with E-state index in [0.29, 0.717) is 6.42 Å². The van der Waals surface area contributed by atoms with Crippen LogP contribution in [0.4, 0.5) is 0 Å². The fourth-order valence-corrected chi connectivity index (χ4v) is 3.42. The summed E-state index contributed by atoms with van der Waals surface area (Å²) in [5, 5.41) is 2.13. The first-order valence-corrected chi connectivity index (χ1v) is 7.19. The van der Waals surface area contributed by atoms with Gasteiger partial charge in [0.25, 0.3) is 0 Å². The minimum absolute atomic E-state index is 0.108. The van der Waals surface area contributed by atoms with Gasteiger partial charge in [0, 0.05) is 11.4 Å². The average Bonchev–Trinajstić information content (AvgIpc) is 2.83. The summed E-state index contributed by atoms with van der Waals surface area (Å²) in [4.78, 5) is 15.6. The molecular formula is C13H20N2OS. The van der Waals surface area contributed by atoms with E-state index in [-0.39, 0.29) is 18.0 Å². The highest BCUT2D eigenvalue weighted by Crippen LogP contribution is 2.35. The molecular weight excluding hydrogens is 232 g/mol. The van der Waals surface area contributed by atoms with Crippen molar-refractivity contribution in [1.82, 2.24) is 4.90 Å². The van der Waals surface area contributed by atoms with Gasteiger partial charge in [-0.15, -0.1) is 11.3 Å². The van der Waals surface area contributed by atoms with Gasteiger partial charge in [-0.1, -0.05) is 13.8 Å². The third kappa shape index (κ3) is 2.24. The Bertz CT molecular complexity index is 402. The minimum Gasteiger partial charge on any atom is -0.334 e. The SMILES string of the molecule is CCC1c2ccsc2CCN1C(=O)[C@@H](N)CC. The Morgan fingerprint density at radius 1 is 1.65 bits per heavy atom. The topological polar surface area (TPSA) is 46.3 Å². The Morgan fingerprint density at radius 3 is 3.06 bits per heavy atom. The summed E-state index contributed by atoms with van der Waals surface area (Å²) >= 11 is 1.80. The van der Waals surface area contributed by atoms with E-state index in [1.807, 2.05) is 11.8 Å². The van der Waals surface area contributed by atoms with E-state index < -0.39 is 0 Å². The van der Waals surface area contributed by atoms with E-state index in [4.69, 9.17) is 5.73 Å². The highest BCUT2D eigenvalue weighted by molar-refractivity contribution is 7.10. The second-order valence-corrected chi connectivity index (χ2v) is 5.52. The number of fused-ring (bicyclic) bond motifs is 1. The van der Waals surface area contributed by atoms with Gasteiger partial charge in [0.05, 0.1) is 12.1 Å². The predicted molar refractivity (Wildman–Crippen MR) is 71.0 cm³/mol. The van der Waals surface area contributed by atoms with E-state index in [1.165, 1.54) is 10.4 Å². The maximum absolute atomic E-state index is 12.2. The van der Waals surface area contributed by atoms with Crippen molar-refractivity contribution in [3.63, 3.8) is 0 Å². The Hall–Kier alpha value is -0.870. The largest absolute Gasteiger partial charge is 0.334 e. The van der Waals surface area contributed by atoms with Crippen LogP contribution in [-0.4, -0.2) is 23.4 Å². The lowest BCUT2D eigenvalue weighted by molar-refractivity contribution is -0.135. The average molecular weight is 252 g/mol. The summed E-state index contributed by atoms with van der Waals surface area (Å²) in [6.07, 6.45) is 2.65. The molecule has 1 aliphatic heterocycles. The van der Waals surface area contributed by atoms with Gasteiger partial charge < -0.3 is 10.6 Å². The summed E-state index contributed by atoms with van der Waals surface area (Å²) in [7, 11) is 0. The molecule has 2 N–H and O–H groups in total. The zero-order valence-corrected chi connectivity index (χ0v) is 11.3. The van der Waals surface area contributed by atoms with E-state index >= 15 is 0 Å². The van der Waals surface area contributed by atoms with Crippen LogP contribution in [0.3, 0.4) is 0 Å². The van der Waals surface area contributed by atoms with Crippen molar-refractivity contribution in [2.45, 2.75) is 45.2 Å². The Kier molecular flexibility index (Phi) is 3.84. The summed E-state index contributed by atoms with van der Waals surface area (Å²) in [5.74, 6) is 0.108. The third-order valence-corrected chi connectivity index (χ3v) is 4.52. The van der Waals surface area contributed by atoms with Crippen molar-refractivity contribution in [2.24, 2.45) is 5.73 Å². The van der Waals surface area contributed by atoms with Crippen molar-refractivity contribution in [1.29, 1.82) is 0 Å². The second kappa shape index (κ2) is 5.19. The van der Waals surface area contributed by atoms with Gasteiger partial charge >= 0.3 is 0 Å². The summed E-state index contributed by atoms with van der Waals surface area (Å²) < 4.78 is 0. The number of hydrogen-bond acceptors (Lipinski definition) is 3. The van der Waals surface area contributed by atoms with E-state index in [9.17, 15) is 4.79 Å². The lowest BCUT2D eigenvalue weighted by atomic mass is 9.97. The molecule has 3 nitrogen and oxygen atoms in total. The van der Waals surface area contributed by atoms with Crippen LogP contribution >= 0.6 is 11.3 Å². The van der Waals surface area contributed by atoms with Gasteiger partial charge in [0.1, 0.15) is 0 Å². The first kappa shape index (κ1) is 12.6. The Morgan fingerprint density at radius 2 is 2.41 bits per heavy atom. The maximum Gasteiger partial charge on any atom is 0.239 e. The number of amides is 1. The first-order chi connectivity index (χ1) is 8.19. The molecule has 4 heteroatoms. The molecule has 1 aliphatic rings. The second-order valence-electron chi connectivity index (χ2n) is 4.52. The maximum atomic E-state index is 12.2. The molecule has 1 aromatic heterocycles. The molecule has 0 aliphatic carbocycles. The molecule has 2 atom stereocenters. The fraction of sp³-hybridized carbons (Fsp3) is 0.615. The molecule has 1 unspecified atom stereocenters. The third-order valence-electron chi connectivity index (χ3n) is 3.52. The zero-order valence-electron chi connectivity index (χ0n) is 10.5. The van der Waals surface area contributed by atoms with Crippen LogP contribution in [0.2, 0.25) is 0 Å². The summed E-state index contributed by atoms with van der Waals surface area (Å²) in [5.41, 5.74) is 7.20. The number of nitrogens with zero attached hydrogens (tertiary/aromatic N) is 1. The van der Waals surface area contributed by atoms with E-state index in [0.717, 1.165) is 19.4 Å². The number of nitrogens with two attached hydrogens (primary N) is 1. The molecule has 17 heavy (non-hydrogen) atoms. The van der Waals surface area contributed by atoms with Crippen LogP contribution in [0.25, 0.3) is 0 Å². The number of hydrogen-bond donors (Lipinski definition) is 1. The standard InChI is InChI=1S/C13H20N2OS/c1-3-10(14)13(16)15-7-5-12-9(6-8-17-12)11(15)4-2/h6,8,10-11H,3-5,7,14H2,1-2H3/t10-,11?/m0/s1. The zero-order chi connectivity index (χ0) is 12.4. The van der Waals surface area contributed by atoms with Crippen molar-refractivity contribution in [2.75, 3.05) is 6.54 Å². The van der Waals surface area contributed by atoms with Crippen LogP contribution in [0.1, 0.15) is 43.2 Å². The fourth-order valence-electron chi connectivity index (χ4n) is 2.49. The van der Waals surface area contributed by atoms with Crippen LogP contribution in [0.5, 0.6) is 0 Å². The van der Waals surface area contributed by atoms with Gasteiger partial charge in [-0.3, -0.25) is 4.79 Å². The molecule has 0 spiro atoms. The first-order valence-electron chi connectivity index (χ1n) is 6.31. The molecule has 94 valence electrons. The number of carbonyl (C=O) groups is 1. The molecule has 2 rings (SSSR count). The lowest BCUT2D eigenvalue weighted by Gasteiger charge is -2.36. The van der Waals surface area contributed by atoms with Crippen molar-refractivity contribution in [3.05, 3.63) is 21.9 Å². The molecule has 0 fully saturated rings. The van der Waals surface area contributed by atoms with Gasteiger partial charge in [-0.2, -0.15) is 0 Å². The van der Waals surface area contributed by atoms with Crippen LogP contribution in [-0.2, 0) is 11.2 Å². The molecule has 0 bridgehead atoms. The van der Waals surface area contributed by atoms with Gasteiger partial charge in [-0.25, -0.2) is 0 Å². The smallest absolute Gasteiger partial charge is 0.239 e. The normalized spacial score (nSPS) is 21.1. The molecule has 0 saturated carbocycles. The Labute approximate surface area is 107 Å². The van der Waals surface area contributed by atoms with Gasteiger partial charge in [-0.05, 0) is 36.3 Å². The van der Waals surface area contributed by atoms with E-state index in [2.05, 4.69) is 18.4 Å². The monoisotopic (exact) mass is 252 g/mol. The molecule has 0 aromatic carbocycles. The molecule has 2 heterocycles. The van der Waals surface area contributed by atoms with Crippen molar-refractivity contribution in [3.8, 4) is 0 Å². The summed E-state index contributed by atoms with van der Waals surface area (Å²) in [6.45, 7) is 4.91. The quantitative estimate of drug-likeness (QED) is 0.897. The highest BCUT2D eigenvalue weighted by atomic mass is 32.1. The molecule has 0 saturated heterocycles. The Balaban J connectivity index is 2.23. The van der Waals surface area contributed by atoms with E-state index in [1.54, 1.807) is 11.3 Å². The number of rotatable bonds is 3. The lowest BCUT2D eigenvalue weighted by Crippen LogP contribution is -2.47. The summed E-state index contributed by atoms with van der Waals surface area (Å²) in [6, 6.07) is 2.05. The number of carbonyl (C=O) groups excluding carboxylic acids is 1.